The normalized spacial score (nSPS) is 16.1. The molecule has 3 nitrogen and oxygen atoms in total. The summed E-state index contributed by atoms with van der Waals surface area (Å²) in [7, 11) is 0. The third kappa shape index (κ3) is 2.80. The van der Waals surface area contributed by atoms with Crippen molar-refractivity contribution < 1.29 is 13.6 Å². The zero-order valence-electron chi connectivity index (χ0n) is 13.3. The number of nitrogens with two attached hydrogens (primary N) is 1. The van der Waals surface area contributed by atoms with Crippen molar-refractivity contribution in [3.05, 3.63) is 71.3 Å². The first-order chi connectivity index (χ1) is 11.5. The summed E-state index contributed by atoms with van der Waals surface area (Å²) >= 11 is 0. The monoisotopic (exact) mass is 330 g/mol. The lowest BCUT2D eigenvalue weighted by Gasteiger charge is -2.41. The van der Waals surface area contributed by atoms with Gasteiger partial charge < -0.3 is 11.1 Å². The van der Waals surface area contributed by atoms with Crippen LogP contribution in [0.4, 0.5) is 8.78 Å². The predicted molar refractivity (Wildman–Crippen MR) is 88.4 cm³/mol. The van der Waals surface area contributed by atoms with E-state index in [4.69, 9.17) is 5.73 Å². The summed E-state index contributed by atoms with van der Waals surface area (Å²) in [6, 6.07) is 11.7. The van der Waals surface area contributed by atoms with E-state index in [2.05, 4.69) is 5.32 Å². The minimum Gasteiger partial charge on any atom is -0.369 e. The number of amides is 1. The molecule has 1 heterocycles. The van der Waals surface area contributed by atoms with Crippen LogP contribution in [0.15, 0.2) is 48.5 Å². The van der Waals surface area contributed by atoms with Crippen LogP contribution in [0.3, 0.4) is 0 Å². The van der Waals surface area contributed by atoms with Gasteiger partial charge in [-0.2, -0.15) is 0 Å². The Hall–Kier alpha value is -2.27. The molecular formula is C19H20F2N2O. The van der Waals surface area contributed by atoms with Gasteiger partial charge >= 0.3 is 0 Å². The van der Waals surface area contributed by atoms with Crippen LogP contribution in [0, 0.1) is 17.6 Å². The van der Waals surface area contributed by atoms with Crippen molar-refractivity contribution in [2.45, 2.75) is 18.3 Å². The zero-order chi connectivity index (χ0) is 17.2. The van der Waals surface area contributed by atoms with Crippen molar-refractivity contribution >= 4 is 5.91 Å². The fraction of sp³-hybridized carbons (Fsp3) is 0.316. The molecule has 0 aliphatic carbocycles. The minimum absolute atomic E-state index is 0.0350. The van der Waals surface area contributed by atoms with E-state index in [1.165, 1.54) is 24.3 Å². The van der Waals surface area contributed by atoms with Gasteiger partial charge in [0.1, 0.15) is 17.0 Å². The molecule has 0 unspecified atom stereocenters. The largest absolute Gasteiger partial charge is 0.369 e. The summed E-state index contributed by atoms with van der Waals surface area (Å²) in [5.74, 6) is -1.28. The van der Waals surface area contributed by atoms with Crippen molar-refractivity contribution in [2.24, 2.45) is 11.7 Å². The Kier molecular flexibility index (Phi) is 4.62. The number of benzene rings is 2. The van der Waals surface area contributed by atoms with Crippen molar-refractivity contribution in [1.29, 1.82) is 0 Å². The molecule has 2 aromatic rings. The van der Waals surface area contributed by atoms with E-state index in [0.29, 0.717) is 11.1 Å². The molecule has 1 saturated heterocycles. The molecule has 0 bridgehead atoms. The lowest BCUT2D eigenvalue weighted by Crippen LogP contribution is -2.51. The van der Waals surface area contributed by atoms with Gasteiger partial charge in [-0.1, -0.05) is 24.3 Å². The standard InChI is InChI=1S/C19H20F2N2O/c20-16-5-1-13(2-6-16)19(18(22)24,15-9-11-23-12-10-15)14-3-7-17(21)8-4-14/h1-8,15,23H,9-12H2,(H2,22,24). The number of halogens is 2. The van der Waals surface area contributed by atoms with Gasteiger partial charge in [-0.15, -0.1) is 0 Å². The van der Waals surface area contributed by atoms with Crippen molar-refractivity contribution in [2.75, 3.05) is 13.1 Å². The SMILES string of the molecule is NC(=O)C(c1ccc(F)cc1)(c1ccc(F)cc1)C1CCNCC1. The lowest BCUT2D eigenvalue weighted by atomic mass is 9.62. The highest BCUT2D eigenvalue weighted by atomic mass is 19.1. The average Bonchev–Trinajstić information content (AvgIpc) is 2.59. The Morgan fingerprint density at radius 1 is 0.917 bits per heavy atom. The first-order valence-electron chi connectivity index (χ1n) is 8.08. The zero-order valence-corrected chi connectivity index (χ0v) is 13.3. The van der Waals surface area contributed by atoms with Crippen LogP contribution < -0.4 is 11.1 Å². The van der Waals surface area contributed by atoms with Crippen LogP contribution >= 0.6 is 0 Å². The number of carbonyl (C=O) groups excluding carboxylic acids is 1. The predicted octanol–water partition coefficient (Wildman–Crippen LogP) is 2.74. The van der Waals surface area contributed by atoms with Crippen LogP contribution in [-0.4, -0.2) is 19.0 Å². The number of hydrogen-bond donors (Lipinski definition) is 2. The molecule has 3 rings (SSSR count). The Bertz CT molecular complexity index is 662. The van der Waals surface area contributed by atoms with E-state index in [0.717, 1.165) is 25.9 Å². The molecule has 0 spiro atoms. The van der Waals surface area contributed by atoms with Gasteiger partial charge in [0.15, 0.2) is 0 Å². The van der Waals surface area contributed by atoms with Crippen molar-refractivity contribution in [3.8, 4) is 0 Å². The number of nitrogens with one attached hydrogen (secondary N) is 1. The average molecular weight is 330 g/mol. The Morgan fingerprint density at radius 2 is 1.33 bits per heavy atom. The summed E-state index contributed by atoms with van der Waals surface area (Å²) < 4.78 is 26.8. The topological polar surface area (TPSA) is 55.1 Å². The highest BCUT2D eigenvalue weighted by Gasteiger charge is 2.47. The first kappa shape index (κ1) is 16.6. The molecule has 0 saturated carbocycles. The summed E-state index contributed by atoms with van der Waals surface area (Å²) in [5, 5.41) is 3.27. The van der Waals surface area contributed by atoms with Gasteiger partial charge in [0.2, 0.25) is 5.91 Å². The Labute approximate surface area is 139 Å². The smallest absolute Gasteiger partial charge is 0.232 e. The van der Waals surface area contributed by atoms with Gasteiger partial charge in [0, 0.05) is 0 Å². The highest BCUT2D eigenvalue weighted by Crippen LogP contribution is 2.43. The fourth-order valence-electron chi connectivity index (χ4n) is 3.80. The summed E-state index contributed by atoms with van der Waals surface area (Å²) in [4.78, 5) is 12.7. The van der Waals surface area contributed by atoms with Crippen LogP contribution in [-0.2, 0) is 10.2 Å². The second kappa shape index (κ2) is 6.69. The molecule has 1 amide bonds. The number of carbonyl (C=O) groups is 1. The molecule has 0 atom stereocenters. The molecule has 5 heteroatoms. The van der Waals surface area contributed by atoms with Crippen LogP contribution in [0.5, 0.6) is 0 Å². The minimum atomic E-state index is -1.09. The number of hydrogen-bond acceptors (Lipinski definition) is 2. The number of rotatable bonds is 4. The molecule has 1 aliphatic heterocycles. The van der Waals surface area contributed by atoms with Gasteiger partial charge in [-0.05, 0) is 67.2 Å². The molecular weight excluding hydrogens is 310 g/mol. The second-order valence-corrected chi connectivity index (χ2v) is 6.21. The summed E-state index contributed by atoms with van der Waals surface area (Å²) in [6.45, 7) is 1.56. The molecule has 0 radical (unpaired) electrons. The Balaban J connectivity index is 2.21. The van der Waals surface area contributed by atoms with E-state index in [1.807, 2.05) is 0 Å². The van der Waals surface area contributed by atoms with Crippen molar-refractivity contribution in [1.82, 2.24) is 5.32 Å². The van der Waals surface area contributed by atoms with E-state index in [-0.39, 0.29) is 17.6 Å². The van der Waals surface area contributed by atoms with Crippen LogP contribution in [0.2, 0.25) is 0 Å². The summed E-state index contributed by atoms with van der Waals surface area (Å²) in [5.41, 5.74) is 6.10. The molecule has 2 aromatic carbocycles. The molecule has 1 fully saturated rings. The van der Waals surface area contributed by atoms with E-state index in [9.17, 15) is 13.6 Å². The van der Waals surface area contributed by atoms with E-state index >= 15 is 0 Å². The molecule has 126 valence electrons. The van der Waals surface area contributed by atoms with Crippen LogP contribution in [0.1, 0.15) is 24.0 Å². The maximum atomic E-state index is 13.4. The van der Waals surface area contributed by atoms with Gasteiger partial charge in [-0.25, -0.2) is 8.78 Å². The van der Waals surface area contributed by atoms with E-state index < -0.39 is 11.3 Å². The summed E-state index contributed by atoms with van der Waals surface area (Å²) in [6.07, 6.45) is 1.52. The lowest BCUT2D eigenvalue weighted by molar-refractivity contribution is -0.124. The maximum Gasteiger partial charge on any atom is 0.232 e. The molecule has 24 heavy (non-hydrogen) atoms. The first-order valence-corrected chi connectivity index (χ1v) is 8.08. The third-order valence-corrected chi connectivity index (χ3v) is 4.94. The van der Waals surface area contributed by atoms with Crippen molar-refractivity contribution in [3.63, 3.8) is 0 Å². The fourth-order valence-corrected chi connectivity index (χ4v) is 3.80. The maximum absolute atomic E-state index is 13.4. The Morgan fingerprint density at radius 3 is 1.71 bits per heavy atom. The number of piperidine rings is 1. The molecule has 0 aromatic heterocycles. The van der Waals surface area contributed by atoms with Gasteiger partial charge in [0.25, 0.3) is 0 Å². The number of primary amides is 1. The van der Waals surface area contributed by atoms with Gasteiger partial charge in [-0.3, -0.25) is 4.79 Å². The third-order valence-electron chi connectivity index (χ3n) is 4.94. The van der Waals surface area contributed by atoms with E-state index in [1.54, 1.807) is 24.3 Å². The van der Waals surface area contributed by atoms with Crippen LogP contribution in [0.25, 0.3) is 0 Å². The quantitative estimate of drug-likeness (QED) is 0.906. The molecule has 3 N–H and O–H groups in total. The van der Waals surface area contributed by atoms with Gasteiger partial charge in [0.05, 0.1) is 0 Å². The second-order valence-electron chi connectivity index (χ2n) is 6.21. The molecule has 1 aliphatic rings. The highest BCUT2D eigenvalue weighted by molar-refractivity contribution is 5.91.